The lowest BCUT2D eigenvalue weighted by atomic mass is 10.0. The molecule has 0 aromatic heterocycles. The molecule has 3 rings (SSSR count). The molecule has 0 atom stereocenters. The van der Waals surface area contributed by atoms with Gasteiger partial charge in [0.25, 0.3) is 15.9 Å². The van der Waals surface area contributed by atoms with Crippen molar-refractivity contribution in [1.82, 2.24) is 5.32 Å². The number of rotatable bonds is 5. The Labute approximate surface area is 187 Å². The van der Waals surface area contributed by atoms with Gasteiger partial charge in [0.15, 0.2) is 6.61 Å². The highest BCUT2D eigenvalue weighted by atomic mass is 35.5. The predicted octanol–water partition coefficient (Wildman–Crippen LogP) is 3.55. The zero-order valence-electron chi connectivity index (χ0n) is 17.6. The molecule has 1 aliphatic rings. The first-order valence-electron chi connectivity index (χ1n) is 9.87. The van der Waals surface area contributed by atoms with E-state index in [1.807, 2.05) is 12.1 Å². The first-order valence-corrected chi connectivity index (χ1v) is 11.7. The predicted molar refractivity (Wildman–Crippen MR) is 119 cm³/mol. The molecule has 0 radical (unpaired) electrons. The Morgan fingerprint density at radius 1 is 1.16 bits per heavy atom. The minimum Gasteiger partial charge on any atom is -0.452 e. The van der Waals surface area contributed by atoms with E-state index in [0.29, 0.717) is 18.7 Å². The van der Waals surface area contributed by atoms with Crippen LogP contribution in [-0.4, -0.2) is 39.0 Å². The summed E-state index contributed by atoms with van der Waals surface area (Å²) in [4.78, 5) is 24.3. The van der Waals surface area contributed by atoms with E-state index in [9.17, 15) is 18.0 Å². The molecule has 1 heterocycles. The number of aryl methyl sites for hydroxylation is 1. The molecular formula is C22H25ClN2O5S. The lowest BCUT2D eigenvalue weighted by molar-refractivity contribution is -0.125. The fourth-order valence-electron chi connectivity index (χ4n) is 3.36. The normalized spacial score (nSPS) is 14.0. The van der Waals surface area contributed by atoms with Crippen LogP contribution in [0, 0.1) is 0 Å². The van der Waals surface area contributed by atoms with Gasteiger partial charge in [0.2, 0.25) is 0 Å². The highest BCUT2D eigenvalue weighted by Gasteiger charge is 2.30. The molecule has 0 unspecified atom stereocenters. The summed E-state index contributed by atoms with van der Waals surface area (Å²) in [6.45, 7) is 5.25. The largest absolute Gasteiger partial charge is 0.452 e. The number of esters is 1. The number of amides is 1. The smallest absolute Gasteiger partial charge is 0.340 e. The van der Waals surface area contributed by atoms with Crippen molar-refractivity contribution in [2.45, 2.75) is 44.0 Å². The second-order valence-electron chi connectivity index (χ2n) is 8.33. The fraction of sp³-hybridized carbons (Fsp3) is 0.364. The van der Waals surface area contributed by atoms with E-state index < -0.39 is 34.0 Å². The summed E-state index contributed by atoms with van der Waals surface area (Å²) in [5, 5.41) is 2.72. The molecule has 1 amide bonds. The minimum absolute atomic E-state index is 0.0409. The summed E-state index contributed by atoms with van der Waals surface area (Å²) >= 11 is 6.12. The molecule has 2 aromatic rings. The summed E-state index contributed by atoms with van der Waals surface area (Å²) in [6.07, 6.45) is 1.50. The van der Waals surface area contributed by atoms with Crippen molar-refractivity contribution >= 4 is 39.2 Å². The van der Waals surface area contributed by atoms with Crippen LogP contribution in [0.25, 0.3) is 0 Å². The van der Waals surface area contributed by atoms with Crippen molar-refractivity contribution in [3.8, 4) is 0 Å². The van der Waals surface area contributed by atoms with Gasteiger partial charge < -0.3 is 10.1 Å². The van der Waals surface area contributed by atoms with Gasteiger partial charge in [0.05, 0.1) is 21.2 Å². The summed E-state index contributed by atoms with van der Waals surface area (Å²) < 4.78 is 33.0. The summed E-state index contributed by atoms with van der Waals surface area (Å²) in [6, 6.07) is 11.2. The first-order chi connectivity index (χ1) is 14.5. The zero-order valence-corrected chi connectivity index (χ0v) is 19.2. The third-order valence-electron chi connectivity index (χ3n) is 4.66. The highest BCUT2D eigenvalue weighted by molar-refractivity contribution is 7.92. The standard InChI is InChI=1S/C22H25ClN2O5S/c1-22(2,3)24-20(26)14-30-21(27)17-13-16(10-11-18(17)23)31(28,29)25-12-6-8-15-7-4-5-9-19(15)25/h4-5,7,9-11,13H,6,8,12,14H2,1-3H3,(H,24,26). The van der Waals surface area contributed by atoms with Crippen LogP contribution < -0.4 is 9.62 Å². The minimum atomic E-state index is -3.92. The van der Waals surface area contributed by atoms with E-state index in [-0.39, 0.29) is 15.5 Å². The lowest BCUT2D eigenvalue weighted by Gasteiger charge is -2.30. The van der Waals surface area contributed by atoms with Crippen LogP contribution in [0.1, 0.15) is 43.1 Å². The Morgan fingerprint density at radius 3 is 2.58 bits per heavy atom. The molecule has 2 aromatic carbocycles. The van der Waals surface area contributed by atoms with Crippen LogP contribution in [-0.2, 0) is 26.0 Å². The Balaban J connectivity index is 1.84. The van der Waals surface area contributed by atoms with Crippen LogP contribution in [0.3, 0.4) is 0 Å². The number of sulfonamides is 1. The number of carbonyl (C=O) groups excluding carboxylic acids is 2. The van der Waals surface area contributed by atoms with E-state index in [2.05, 4.69) is 5.32 Å². The third-order valence-corrected chi connectivity index (χ3v) is 6.80. The van der Waals surface area contributed by atoms with Crippen LogP contribution in [0.4, 0.5) is 5.69 Å². The van der Waals surface area contributed by atoms with Gasteiger partial charge in [-0.15, -0.1) is 0 Å². The number of anilines is 1. The highest BCUT2D eigenvalue weighted by Crippen LogP contribution is 2.32. The average Bonchev–Trinajstić information content (AvgIpc) is 2.70. The number of nitrogens with zero attached hydrogens (tertiary/aromatic N) is 1. The van der Waals surface area contributed by atoms with Crippen LogP contribution in [0.2, 0.25) is 5.02 Å². The third kappa shape index (κ3) is 5.37. The molecule has 1 aliphatic heterocycles. The Hall–Kier alpha value is -2.58. The number of ether oxygens (including phenoxy) is 1. The molecule has 0 aliphatic carbocycles. The van der Waals surface area contributed by atoms with E-state index in [0.717, 1.165) is 12.0 Å². The Bertz CT molecular complexity index is 1110. The van der Waals surface area contributed by atoms with Crippen molar-refractivity contribution < 1.29 is 22.7 Å². The van der Waals surface area contributed by atoms with Crippen LogP contribution in [0.15, 0.2) is 47.4 Å². The van der Waals surface area contributed by atoms with Crippen molar-refractivity contribution in [1.29, 1.82) is 0 Å². The molecule has 0 bridgehead atoms. The molecule has 31 heavy (non-hydrogen) atoms. The van der Waals surface area contributed by atoms with Gasteiger partial charge in [-0.2, -0.15) is 0 Å². The number of hydrogen-bond donors (Lipinski definition) is 1. The Morgan fingerprint density at radius 2 is 1.87 bits per heavy atom. The van der Waals surface area contributed by atoms with E-state index in [4.69, 9.17) is 16.3 Å². The number of halogens is 1. The van der Waals surface area contributed by atoms with Gasteiger partial charge in [-0.05, 0) is 63.4 Å². The van der Waals surface area contributed by atoms with Gasteiger partial charge in [-0.1, -0.05) is 29.8 Å². The second kappa shape index (κ2) is 8.88. The lowest BCUT2D eigenvalue weighted by Crippen LogP contribution is -2.42. The molecule has 0 fully saturated rings. The number of para-hydroxylation sites is 1. The van der Waals surface area contributed by atoms with Crippen molar-refractivity contribution in [3.05, 3.63) is 58.6 Å². The van der Waals surface area contributed by atoms with Gasteiger partial charge in [0, 0.05) is 12.1 Å². The maximum absolute atomic E-state index is 13.3. The van der Waals surface area contributed by atoms with Crippen LogP contribution in [0.5, 0.6) is 0 Å². The van der Waals surface area contributed by atoms with Crippen molar-refractivity contribution in [3.63, 3.8) is 0 Å². The zero-order chi connectivity index (χ0) is 22.8. The number of hydrogen-bond acceptors (Lipinski definition) is 5. The van der Waals surface area contributed by atoms with Crippen molar-refractivity contribution in [2.24, 2.45) is 0 Å². The quantitative estimate of drug-likeness (QED) is 0.683. The monoisotopic (exact) mass is 464 g/mol. The topological polar surface area (TPSA) is 92.8 Å². The summed E-state index contributed by atoms with van der Waals surface area (Å²) in [5.41, 5.74) is 0.999. The van der Waals surface area contributed by atoms with Gasteiger partial charge in [-0.25, -0.2) is 13.2 Å². The number of nitrogens with one attached hydrogen (secondary N) is 1. The summed E-state index contributed by atoms with van der Waals surface area (Å²) in [5.74, 6) is -1.34. The molecule has 166 valence electrons. The van der Waals surface area contributed by atoms with Crippen molar-refractivity contribution in [2.75, 3.05) is 17.5 Å². The molecular weight excluding hydrogens is 440 g/mol. The van der Waals surface area contributed by atoms with Gasteiger partial charge in [-0.3, -0.25) is 9.10 Å². The average molecular weight is 465 g/mol. The number of benzene rings is 2. The molecule has 7 nitrogen and oxygen atoms in total. The molecule has 0 saturated carbocycles. The molecule has 0 spiro atoms. The summed E-state index contributed by atoms with van der Waals surface area (Å²) in [7, 11) is -3.92. The number of carbonyl (C=O) groups is 2. The van der Waals surface area contributed by atoms with E-state index in [1.54, 1.807) is 32.9 Å². The van der Waals surface area contributed by atoms with Gasteiger partial charge in [0.1, 0.15) is 0 Å². The molecule has 9 heteroatoms. The molecule has 1 N–H and O–H groups in total. The Kier molecular flexibility index (Phi) is 6.62. The van der Waals surface area contributed by atoms with Gasteiger partial charge >= 0.3 is 5.97 Å². The van der Waals surface area contributed by atoms with E-state index in [1.165, 1.54) is 22.5 Å². The fourth-order valence-corrected chi connectivity index (χ4v) is 5.12. The maximum atomic E-state index is 13.3. The van der Waals surface area contributed by atoms with Crippen LogP contribution >= 0.6 is 11.6 Å². The first kappa shape index (κ1) is 23.1. The molecule has 0 saturated heterocycles. The van der Waals surface area contributed by atoms with E-state index >= 15 is 0 Å². The number of fused-ring (bicyclic) bond motifs is 1. The second-order valence-corrected chi connectivity index (χ2v) is 10.6. The SMILES string of the molecule is CC(C)(C)NC(=O)COC(=O)c1cc(S(=O)(=O)N2CCCc3ccccc32)ccc1Cl. The maximum Gasteiger partial charge on any atom is 0.340 e.